The van der Waals surface area contributed by atoms with Crippen molar-refractivity contribution < 1.29 is 17.9 Å². The van der Waals surface area contributed by atoms with Crippen LogP contribution in [0.1, 0.15) is 16.2 Å². The topological polar surface area (TPSA) is 130 Å². The van der Waals surface area contributed by atoms with Crippen LogP contribution in [0.25, 0.3) is 11.4 Å². The molecule has 31 heavy (non-hydrogen) atoms. The van der Waals surface area contributed by atoms with Gasteiger partial charge in [0.15, 0.2) is 15.7 Å². The molecule has 0 spiro atoms. The van der Waals surface area contributed by atoms with E-state index < -0.39 is 9.84 Å². The SMILES string of the molecule is CS(=O)(=O)Cc1cc(N2CCOCC2)nc(-c2ccc(NC(=O)c3ccn[nH]3)cc2)n1. The van der Waals surface area contributed by atoms with E-state index in [9.17, 15) is 13.2 Å². The molecule has 2 N–H and O–H groups in total. The monoisotopic (exact) mass is 442 g/mol. The molecule has 11 heteroatoms. The first-order valence-corrected chi connectivity index (χ1v) is 11.7. The summed E-state index contributed by atoms with van der Waals surface area (Å²) in [5.74, 6) is 0.627. The summed E-state index contributed by atoms with van der Waals surface area (Å²) >= 11 is 0. The summed E-state index contributed by atoms with van der Waals surface area (Å²) in [5, 5.41) is 9.15. The molecular weight excluding hydrogens is 420 g/mol. The molecule has 3 aromatic rings. The number of benzene rings is 1. The number of carbonyl (C=O) groups is 1. The molecular formula is C20H22N6O4S. The number of hydrogen-bond donors (Lipinski definition) is 2. The van der Waals surface area contributed by atoms with Crippen molar-refractivity contribution in [1.82, 2.24) is 20.2 Å². The minimum atomic E-state index is -3.25. The summed E-state index contributed by atoms with van der Waals surface area (Å²) in [6.07, 6.45) is 2.69. The van der Waals surface area contributed by atoms with Gasteiger partial charge in [0, 0.05) is 42.9 Å². The molecule has 1 saturated heterocycles. The van der Waals surface area contributed by atoms with E-state index in [0.29, 0.717) is 60.6 Å². The van der Waals surface area contributed by atoms with Crippen molar-refractivity contribution in [2.24, 2.45) is 0 Å². The number of nitrogens with zero attached hydrogens (tertiary/aromatic N) is 4. The highest BCUT2D eigenvalue weighted by Gasteiger charge is 2.17. The first-order chi connectivity index (χ1) is 14.9. The molecule has 1 aliphatic rings. The van der Waals surface area contributed by atoms with Crippen LogP contribution < -0.4 is 10.2 Å². The number of aromatic nitrogens is 4. The number of carbonyl (C=O) groups excluding carboxylic acids is 1. The van der Waals surface area contributed by atoms with Gasteiger partial charge >= 0.3 is 0 Å². The summed E-state index contributed by atoms with van der Waals surface area (Å²) in [5.41, 5.74) is 2.11. The van der Waals surface area contributed by atoms with E-state index in [2.05, 4.69) is 30.4 Å². The normalized spacial score (nSPS) is 14.4. The standard InChI is InChI=1S/C20H22N6O4S/c1-31(28,29)13-16-12-18(26-8-10-30-11-9-26)24-19(22-16)14-2-4-15(5-3-14)23-20(27)17-6-7-21-25-17/h2-7,12H,8-11,13H2,1H3,(H,21,25)(H,23,27). The zero-order chi connectivity index (χ0) is 21.8. The number of morpholine rings is 1. The molecule has 3 heterocycles. The van der Waals surface area contributed by atoms with Gasteiger partial charge in [0.2, 0.25) is 0 Å². The third kappa shape index (κ3) is 5.44. The predicted octanol–water partition coefficient (Wildman–Crippen LogP) is 1.50. The lowest BCUT2D eigenvalue weighted by Crippen LogP contribution is -2.37. The van der Waals surface area contributed by atoms with E-state index in [0.717, 1.165) is 0 Å². The van der Waals surface area contributed by atoms with E-state index in [1.54, 1.807) is 36.4 Å². The van der Waals surface area contributed by atoms with Crippen LogP contribution in [0.4, 0.5) is 11.5 Å². The zero-order valence-electron chi connectivity index (χ0n) is 16.9. The maximum Gasteiger partial charge on any atom is 0.273 e. The summed E-state index contributed by atoms with van der Waals surface area (Å²) in [6, 6.07) is 10.3. The van der Waals surface area contributed by atoms with E-state index in [-0.39, 0.29) is 11.7 Å². The maximum absolute atomic E-state index is 12.1. The second kappa shape index (κ2) is 8.82. The van der Waals surface area contributed by atoms with E-state index in [4.69, 9.17) is 4.74 Å². The Bertz CT molecular complexity index is 1160. The molecule has 0 aliphatic carbocycles. The minimum absolute atomic E-state index is 0.168. The predicted molar refractivity (Wildman–Crippen MR) is 116 cm³/mol. The number of nitrogens with one attached hydrogen (secondary N) is 2. The number of rotatable bonds is 6. The summed E-state index contributed by atoms with van der Waals surface area (Å²) in [7, 11) is -3.25. The molecule has 2 aromatic heterocycles. The third-order valence-corrected chi connectivity index (χ3v) is 5.48. The summed E-state index contributed by atoms with van der Waals surface area (Å²) in [4.78, 5) is 23.3. The van der Waals surface area contributed by atoms with Crippen LogP contribution in [0.3, 0.4) is 0 Å². The van der Waals surface area contributed by atoms with Gasteiger partial charge in [-0.15, -0.1) is 0 Å². The minimum Gasteiger partial charge on any atom is -0.378 e. The highest BCUT2D eigenvalue weighted by molar-refractivity contribution is 7.89. The fourth-order valence-electron chi connectivity index (χ4n) is 3.19. The number of anilines is 2. The fraction of sp³-hybridized carbons (Fsp3) is 0.300. The molecule has 10 nitrogen and oxygen atoms in total. The number of aromatic amines is 1. The molecule has 0 bridgehead atoms. The Morgan fingerprint density at radius 1 is 1.16 bits per heavy atom. The Morgan fingerprint density at radius 2 is 1.90 bits per heavy atom. The zero-order valence-corrected chi connectivity index (χ0v) is 17.7. The maximum atomic E-state index is 12.1. The van der Waals surface area contributed by atoms with Crippen LogP contribution in [-0.4, -0.2) is 67.0 Å². The van der Waals surface area contributed by atoms with Gasteiger partial charge in [-0.05, 0) is 30.3 Å². The van der Waals surface area contributed by atoms with Crippen molar-refractivity contribution >= 4 is 27.2 Å². The second-order valence-corrected chi connectivity index (χ2v) is 9.35. The number of ether oxygens (including phenoxy) is 1. The molecule has 1 aromatic carbocycles. The van der Waals surface area contributed by atoms with Crippen LogP contribution in [-0.2, 0) is 20.3 Å². The Morgan fingerprint density at radius 3 is 2.55 bits per heavy atom. The Hall–Kier alpha value is -3.31. The van der Waals surface area contributed by atoms with Crippen LogP contribution in [0.15, 0.2) is 42.6 Å². The van der Waals surface area contributed by atoms with Gasteiger partial charge in [0.25, 0.3) is 5.91 Å². The fourth-order valence-corrected chi connectivity index (χ4v) is 3.88. The van der Waals surface area contributed by atoms with Crippen LogP contribution >= 0.6 is 0 Å². The highest BCUT2D eigenvalue weighted by Crippen LogP contribution is 2.23. The molecule has 162 valence electrons. The van der Waals surface area contributed by atoms with E-state index in [1.807, 2.05) is 0 Å². The largest absolute Gasteiger partial charge is 0.378 e. The van der Waals surface area contributed by atoms with Crippen molar-refractivity contribution in [3.63, 3.8) is 0 Å². The molecule has 4 rings (SSSR count). The van der Waals surface area contributed by atoms with E-state index >= 15 is 0 Å². The number of hydrogen-bond acceptors (Lipinski definition) is 8. The molecule has 1 aliphatic heterocycles. The van der Waals surface area contributed by atoms with Gasteiger partial charge < -0.3 is 15.0 Å². The average molecular weight is 443 g/mol. The summed E-state index contributed by atoms with van der Waals surface area (Å²) in [6.45, 7) is 2.53. The van der Waals surface area contributed by atoms with Gasteiger partial charge in [-0.1, -0.05) is 0 Å². The van der Waals surface area contributed by atoms with Crippen LogP contribution in [0, 0.1) is 0 Å². The quantitative estimate of drug-likeness (QED) is 0.587. The number of H-pyrrole nitrogens is 1. The third-order valence-electron chi connectivity index (χ3n) is 4.66. The van der Waals surface area contributed by atoms with Gasteiger partial charge in [-0.2, -0.15) is 5.10 Å². The van der Waals surface area contributed by atoms with Crippen LogP contribution in [0.5, 0.6) is 0 Å². The van der Waals surface area contributed by atoms with Gasteiger partial charge in [0.05, 0.1) is 24.7 Å². The van der Waals surface area contributed by atoms with Gasteiger partial charge in [0.1, 0.15) is 11.5 Å². The molecule has 0 unspecified atom stereocenters. The first kappa shape index (κ1) is 20.9. The lowest BCUT2D eigenvalue weighted by Gasteiger charge is -2.28. The lowest BCUT2D eigenvalue weighted by molar-refractivity contribution is 0.102. The van der Waals surface area contributed by atoms with E-state index in [1.165, 1.54) is 12.5 Å². The smallest absolute Gasteiger partial charge is 0.273 e. The highest BCUT2D eigenvalue weighted by atomic mass is 32.2. The molecule has 0 saturated carbocycles. The molecule has 1 fully saturated rings. The second-order valence-electron chi connectivity index (χ2n) is 7.21. The Labute approximate surface area is 179 Å². The van der Waals surface area contributed by atoms with Crippen LogP contribution in [0.2, 0.25) is 0 Å². The average Bonchev–Trinajstić information content (AvgIpc) is 3.29. The van der Waals surface area contributed by atoms with Crippen molar-refractivity contribution in [2.75, 3.05) is 42.8 Å². The first-order valence-electron chi connectivity index (χ1n) is 9.67. The molecule has 1 amide bonds. The van der Waals surface area contributed by atoms with Crippen molar-refractivity contribution in [3.8, 4) is 11.4 Å². The number of sulfone groups is 1. The van der Waals surface area contributed by atoms with Crippen molar-refractivity contribution in [1.29, 1.82) is 0 Å². The number of amides is 1. The van der Waals surface area contributed by atoms with Crippen molar-refractivity contribution in [3.05, 3.63) is 54.0 Å². The van der Waals surface area contributed by atoms with Gasteiger partial charge in [-0.3, -0.25) is 9.89 Å². The molecule has 0 atom stereocenters. The Balaban J connectivity index is 1.61. The lowest BCUT2D eigenvalue weighted by atomic mass is 10.2. The van der Waals surface area contributed by atoms with Crippen molar-refractivity contribution in [2.45, 2.75) is 5.75 Å². The Kier molecular flexibility index (Phi) is 5.96. The molecule has 0 radical (unpaired) electrons. The summed E-state index contributed by atoms with van der Waals surface area (Å²) < 4.78 is 29.1. The van der Waals surface area contributed by atoms with Gasteiger partial charge in [-0.25, -0.2) is 18.4 Å².